The highest BCUT2D eigenvalue weighted by molar-refractivity contribution is 5.87. The van der Waals surface area contributed by atoms with E-state index >= 15 is 0 Å². The van der Waals surface area contributed by atoms with Crippen LogP contribution in [0.5, 0.6) is 0 Å². The number of nitriles is 4. The second-order valence-corrected chi connectivity index (χ2v) is 8.89. The van der Waals surface area contributed by atoms with Gasteiger partial charge in [0.1, 0.15) is 0 Å². The lowest BCUT2D eigenvalue weighted by Gasteiger charge is -2.44. The molecule has 1 saturated heterocycles. The van der Waals surface area contributed by atoms with Gasteiger partial charge in [0, 0.05) is 0 Å². The molecule has 2 bridgehead atoms. The molecule has 0 aliphatic carbocycles. The fourth-order valence-corrected chi connectivity index (χ4v) is 6.16. The summed E-state index contributed by atoms with van der Waals surface area (Å²) in [7, 11) is 0. The van der Waals surface area contributed by atoms with E-state index in [0.29, 0.717) is 22.3 Å². The van der Waals surface area contributed by atoms with Crippen molar-refractivity contribution in [3.05, 3.63) is 119 Å². The van der Waals surface area contributed by atoms with Crippen LogP contribution in [0.3, 0.4) is 0 Å². The van der Waals surface area contributed by atoms with E-state index in [1.165, 1.54) is 0 Å². The van der Waals surface area contributed by atoms with Crippen molar-refractivity contribution >= 4 is 10.8 Å². The minimum atomic E-state index is -2.16. The molecule has 0 N–H and O–H groups in total. The summed E-state index contributed by atoms with van der Waals surface area (Å²) in [6, 6.07) is 38.2. The lowest BCUT2D eigenvalue weighted by molar-refractivity contribution is -0.0607. The highest BCUT2D eigenvalue weighted by Crippen LogP contribution is 2.78. The van der Waals surface area contributed by atoms with Gasteiger partial charge in [0.05, 0.1) is 24.3 Å². The number of hydrogen-bond donors (Lipinski definition) is 0. The number of hydrogen-bond acceptors (Lipinski definition) is 5. The molecule has 0 spiro atoms. The van der Waals surface area contributed by atoms with E-state index in [2.05, 4.69) is 24.3 Å². The largest absolute Gasteiger partial charge is 0.344 e. The van der Waals surface area contributed by atoms with Crippen LogP contribution in [-0.2, 0) is 15.9 Å². The molecule has 5 nitrogen and oxygen atoms in total. The first-order valence-electron chi connectivity index (χ1n) is 11.1. The maximum atomic E-state index is 10.7. The zero-order valence-corrected chi connectivity index (χ0v) is 18.4. The number of fused-ring (bicyclic) bond motifs is 6. The highest BCUT2D eigenvalue weighted by Gasteiger charge is 2.88. The van der Waals surface area contributed by atoms with Crippen LogP contribution in [0.4, 0.5) is 0 Å². The molecule has 2 heterocycles. The summed E-state index contributed by atoms with van der Waals surface area (Å²) in [5.74, 6) is 0. The molecule has 0 amide bonds. The van der Waals surface area contributed by atoms with Crippen molar-refractivity contribution in [3.8, 4) is 24.3 Å². The Bertz CT molecular complexity index is 1530. The molecule has 4 aromatic carbocycles. The molecule has 6 rings (SSSR count). The molecular formula is C30H16N4O. The number of rotatable bonds is 2. The van der Waals surface area contributed by atoms with Crippen LogP contribution in [0.1, 0.15) is 22.3 Å². The molecule has 4 aromatic rings. The first-order valence-corrected chi connectivity index (χ1v) is 11.1. The van der Waals surface area contributed by atoms with E-state index in [1.54, 1.807) is 48.5 Å². The van der Waals surface area contributed by atoms with Crippen molar-refractivity contribution in [2.45, 2.75) is 11.2 Å². The topological polar surface area (TPSA) is 104 Å². The molecule has 0 radical (unpaired) electrons. The van der Waals surface area contributed by atoms with E-state index < -0.39 is 22.0 Å². The Balaban J connectivity index is 1.92. The third-order valence-corrected chi connectivity index (χ3v) is 7.60. The summed E-state index contributed by atoms with van der Waals surface area (Å²) in [6.07, 6.45) is 0. The summed E-state index contributed by atoms with van der Waals surface area (Å²) >= 11 is 0. The van der Waals surface area contributed by atoms with Gasteiger partial charge in [-0.3, -0.25) is 0 Å². The fourth-order valence-electron chi connectivity index (χ4n) is 6.16. The van der Waals surface area contributed by atoms with Crippen molar-refractivity contribution in [1.82, 2.24) is 0 Å². The monoisotopic (exact) mass is 448 g/mol. The van der Waals surface area contributed by atoms with Gasteiger partial charge in [-0.05, 0) is 45.2 Å². The Morgan fingerprint density at radius 1 is 0.486 bits per heavy atom. The SMILES string of the molecule is N#CC1(C#N)C(C#N)(C#N)[C@@]2(c3ccccc3)O[C@]1(c1ccccc1)c1cc3ccccc3cc12. The van der Waals surface area contributed by atoms with Gasteiger partial charge in [-0.15, -0.1) is 0 Å². The zero-order valence-electron chi connectivity index (χ0n) is 18.4. The summed E-state index contributed by atoms with van der Waals surface area (Å²) in [5, 5.41) is 44.6. The van der Waals surface area contributed by atoms with E-state index in [-0.39, 0.29) is 0 Å². The lowest BCUT2D eigenvalue weighted by atomic mass is 9.46. The molecule has 5 heteroatoms. The van der Waals surface area contributed by atoms with Gasteiger partial charge in [0.15, 0.2) is 11.2 Å². The van der Waals surface area contributed by atoms with E-state index in [0.717, 1.165) is 10.8 Å². The standard InChI is InChI=1S/C30H16N4O/c31-17-27(18-32)28(19-33,20-34)30(24-13-5-2-6-14-24)26-16-22-10-8-7-9-21(22)15-25(26)29(27,35-30)23-11-3-1-4-12-23/h1-16H/t29-,30+. The number of benzene rings is 4. The Hall–Kier alpha value is -4.94. The van der Waals surface area contributed by atoms with Crippen molar-refractivity contribution in [2.75, 3.05) is 0 Å². The van der Waals surface area contributed by atoms with E-state index in [1.807, 2.05) is 48.5 Å². The van der Waals surface area contributed by atoms with E-state index in [4.69, 9.17) is 4.74 Å². The predicted molar refractivity (Wildman–Crippen MR) is 127 cm³/mol. The van der Waals surface area contributed by atoms with Gasteiger partial charge in [-0.2, -0.15) is 21.0 Å². The molecule has 1 fully saturated rings. The van der Waals surface area contributed by atoms with Crippen LogP contribution < -0.4 is 0 Å². The van der Waals surface area contributed by atoms with Gasteiger partial charge >= 0.3 is 0 Å². The van der Waals surface area contributed by atoms with Crippen LogP contribution in [0.15, 0.2) is 97.1 Å². The van der Waals surface area contributed by atoms with Gasteiger partial charge in [-0.1, -0.05) is 84.9 Å². The fraction of sp³-hybridized carbons (Fsp3) is 0.133. The van der Waals surface area contributed by atoms with Crippen LogP contribution >= 0.6 is 0 Å². The molecule has 2 atom stereocenters. The second kappa shape index (κ2) is 6.79. The Labute approximate surface area is 202 Å². The lowest BCUT2D eigenvalue weighted by Crippen LogP contribution is -2.55. The van der Waals surface area contributed by atoms with Crippen LogP contribution in [0, 0.1) is 56.2 Å². The van der Waals surface area contributed by atoms with Gasteiger partial charge in [0.25, 0.3) is 0 Å². The summed E-state index contributed by atoms with van der Waals surface area (Å²) in [4.78, 5) is 0. The quantitative estimate of drug-likeness (QED) is 0.406. The molecule has 0 unspecified atom stereocenters. The van der Waals surface area contributed by atoms with Crippen molar-refractivity contribution in [3.63, 3.8) is 0 Å². The smallest absolute Gasteiger partial charge is 0.215 e. The molecule has 0 saturated carbocycles. The Morgan fingerprint density at radius 2 is 0.829 bits per heavy atom. The normalized spacial score (nSPS) is 24.5. The second-order valence-electron chi connectivity index (χ2n) is 8.89. The van der Waals surface area contributed by atoms with Crippen molar-refractivity contribution < 1.29 is 4.74 Å². The predicted octanol–water partition coefficient (Wildman–Crippen LogP) is 5.44. The first kappa shape index (κ1) is 20.7. The summed E-state index contributed by atoms with van der Waals surface area (Å²) in [6.45, 7) is 0. The van der Waals surface area contributed by atoms with Crippen molar-refractivity contribution in [2.24, 2.45) is 10.8 Å². The maximum Gasteiger partial charge on any atom is 0.215 e. The zero-order chi connectivity index (χ0) is 24.3. The molecule has 2 aliphatic rings. The number of ether oxygens (including phenoxy) is 1. The summed E-state index contributed by atoms with van der Waals surface area (Å²) < 4.78 is 6.97. The summed E-state index contributed by atoms with van der Waals surface area (Å²) in [5.41, 5.74) is -5.32. The molecule has 2 aliphatic heterocycles. The van der Waals surface area contributed by atoms with E-state index in [9.17, 15) is 21.0 Å². The third-order valence-electron chi connectivity index (χ3n) is 7.60. The number of nitrogens with zero attached hydrogens (tertiary/aromatic N) is 4. The Kier molecular flexibility index (Phi) is 4.01. The van der Waals surface area contributed by atoms with Crippen molar-refractivity contribution in [1.29, 1.82) is 21.0 Å². The molecule has 162 valence electrons. The van der Waals surface area contributed by atoms with Gasteiger partial charge in [0.2, 0.25) is 10.8 Å². The van der Waals surface area contributed by atoms with Crippen LogP contribution in [-0.4, -0.2) is 0 Å². The molecule has 0 aromatic heterocycles. The maximum absolute atomic E-state index is 10.7. The van der Waals surface area contributed by atoms with Gasteiger partial charge < -0.3 is 4.74 Å². The molecule has 35 heavy (non-hydrogen) atoms. The van der Waals surface area contributed by atoms with Crippen LogP contribution in [0.25, 0.3) is 10.8 Å². The average molecular weight is 448 g/mol. The van der Waals surface area contributed by atoms with Gasteiger partial charge in [-0.25, -0.2) is 0 Å². The minimum absolute atomic E-state index is 0.546. The Morgan fingerprint density at radius 3 is 1.17 bits per heavy atom. The average Bonchev–Trinajstić information content (AvgIpc) is 3.37. The third kappa shape index (κ3) is 2.00. The first-order chi connectivity index (χ1) is 17.1. The highest BCUT2D eigenvalue weighted by atomic mass is 16.5. The minimum Gasteiger partial charge on any atom is -0.344 e. The van der Waals surface area contributed by atoms with Crippen LogP contribution in [0.2, 0.25) is 0 Å². The molecular weight excluding hydrogens is 432 g/mol.